The molecule has 0 bridgehead atoms. The van der Waals surface area contributed by atoms with Gasteiger partial charge >= 0.3 is 13.1 Å². The molecule has 0 spiro atoms. The SMILES string of the molecule is CCCCC1(C)OB(c2ccc(C(=O)O)cc2)OC1(C)C. The molecule has 0 amide bonds. The molecule has 1 N–H and O–H groups in total. The third kappa shape index (κ3) is 3.14. The molecule has 114 valence electrons. The van der Waals surface area contributed by atoms with Gasteiger partial charge < -0.3 is 14.4 Å². The first-order valence-electron chi connectivity index (χ1n) is 7.48. The molecule has 0 radical (unpaired) electrons. The number of benzene rings is 1. The van der Waals surface area contributed by atoms with Crippen molar-refractivity contribution in [3.8, 4) is 0 Å². The fraction of sp³-hybridized carbons (Fsp3) is 0.562. The summed E-state index contributed by atoms with van der Waals surface area (Å²) in [6.45, 7) is 8.35. The van der Waals surface area contributed by atoms with Gasteiger partial charge in [0.25, 0.3) is 0 Å². The van der Waals surface area contributed by atoms with E-state index in [1.165, 1.54) is 0 Å². The Morgan fingerprint density at radius 3 is 2.33 bits per heavy atom. The van der Waals surface area contributed by atoms with Crippen molar-refractivity contribution < 1.29 is 19.2 Å². The van der Waals surface area contributed by atoms with E-state index in [4.69, 9.17) is 14.4 Å². The largest absolute Gasteiger partial charge is 0.494 e. The van der Waals surface area contributed by atoms with E-state index in [1.807, 2.05) is 13.8 Å². The van der Waals surface area contributed by atoms with Crippen molar-refractivity contribution in [2.75, 3.05) is 0 Å². The molecule has 1 aromatic rings. The summed E-state index contributed by atoms with van der Waals surface area (Å²) in [5.41, 5.74) is 0.412. The summed E-state index contributed by atoms with van der Waals surface area (Å²) < 4.78 is 12.3. The predicted molar refractivity (Wildman–Crippen MR) is 83.0 cm³/mol. The number of hydrogen-bond acceptors (Lipinski definition) is 3. The van der Waals surface area contributed by atoms with E-state index in [1.54, 1.807) is 24.3 Å². The van der Waals surface area contributed by atoms with Crippen LogP contribution in [0, 0.1) is 0 Å². The number of carboxylic acids is 1. The van der Waals surface area contributed by atoms with Gasteiger partial charge in [0.05, 0.1) is 16.8 Å². The summed E-state index contributed by atoms with van der Waals surface area (Å²) in [4.78, 5) is 10.9. The van der Waals surface area contributed by atoms with Crippen LogP contribution in [-0.4, -0.2) is 29.4 Å². The van der Waals surface area contributed by atoms with Crippen molar-refractivity contribution in [1.29, 1.82) is 0 Å². The lowest BCUT2D eigenvalue weighted by molar-refractivity contribution is -0.0169. The number of rotatable bonds is 5. The molecular formula is C16H23BO4. The molecule has 1 aromatic carbocycles. The van der Waals surface area contributed by atoms with Crippen molar-refractivity contribution in [3.63, 3.8) is 0 Å². The number of aromatic carboxylic acids is 1. The van der Waals surface area contributed by atoms with E-state index in [0.717, 1.165) is 24.7 Å². The second-order valence-corrected chi connectivity index (χ2v) is 6.34. The van der Waals surface area contributed by atoms with Gasteiger partial charge in [0.15, 0.2) is 0 Å². The maximum absolute atomic E-state index is 10.9. The zero-order valence-electron chi connectivity index (χ0n) is 13.2. The first-order valence-corrected chi connectivity index (χ1v) is 7.48. The maximum Gasteiger partial charge on any atom is 0.494 e. The Morgan fingerprint density at radius 2 is 1.81 bits per heavy atom. The lowest BCUT2D eigenvalue weighted by Gasteiger charge is -2.36. The Labute approximate surface area is 126 Å². The molecule has 1 unspecified atom stereocenters. The van der Waals surface area contributed by atoms with Gasteiger partial charge in [0.1, 0.15) is 0 Å². The Morgan fingerprint density at radius 1 is 1.19 bits per heavy atom. The van der Waals surface area contributed by atoms with Gasteiger partial charge in [0, 0.05) is 0 Å². The summed E-state index contributed by atoms with van der Waals surface area (Å²) in [7, 11) is -0.440. The topological polar surface area (TPSA) is 55.8 Å². The van der Waals surface area contributed by atoms with Gasteiger partial charge in [-0.25, -0.2) is 4.79 Å². The molecule has 5 heteroatoms. The number of hydrogen-bond donors (Lipinski definition) is 1. The number of carboxylic acid groups (broad SMARTS) is 1. The van der Waals surface area contributed by atoms with Gasteiger partial charge in [-0.3, -0.25) is 0 Å². The summed E-state index contributed by atoms with van der Waals surface area (Å²) in [6.07, 6.45) is 3.15. The van der Waals surface area contributed by atoms with Crippen LogP contribution in [-0.2, 0) is 9.31 Å². The molecular weight excluding hydrogens is 267 g/mol. The van der Waals surface area contributed by atoms with Crippen molar-refractivity contribution >= 4 is 18.6 Å². The van der Waals surface area contributed by atoms with Crippen LogP contribution in [0.2, 0.25) is 0 Å². The van der Waals surface area contributed by atoms with Crippen LogP contribution in [0.3, 0.4) is 0 Å². The van der Waals surface area contributed by atoms with Crippen molar-refractivity contribution in [2.24, 2.45) is 0 Å². The highest BCUT2D eigenvalue weighted by Gasteiger charge is 2.53. The van der Waals surface area contributed by atoms with Crippen LogP contribution in [0.4, 0.5) is 0 Å². The fourth-order valence-electron chi connectivity index (χ4n) is 2.59. The second kappa shape index (κ2) is 5.81. The molecule has 1 aliphatic heterocycles. The monoisotopic (exact) mass is 290 g/mol. The van der Waals surface area contributed by atoms with Crippen LogP contribution < -0.4 is 5.46 Å². The molecule has 1 aliphatic rings. The first-order chi connectivity index (χ1) is 9.79. The number of carbonyl (C=O) groups is 1. The van der Waals surface area contributed by atoms with E-state index in [-0.39, 0.29) is 16.8 Å². The van der Waals surface area contributed by atoms with E-state index in [0.29, 0.717) is 0 Å². The van der Waals surface area contributed by atoms with Crippen molar-refractivity contribution in [2.45, 2.75) is 58.2 Å². The highest BCUT2D eigenvalue weighted by Crippen LogP contribution is 2.40. The summed E-state index contributed by atoms with van der Waals surface area (Å²) in [5, 5.41) is 8.94. The van der Waals surface area contributed by atoms with Gasteiger partial charge in [-0.05, 0) is 44.8 Å². The highest BCUT2D eigenvalue weighted by atomic mass is 16.7. The van der Waals surface area contributed by atoms with Crippen LogP contribution in [0.25, 0.3) is 0 Å². The molecule has 0 aromatic heterocycles. The Kier molecular flexibility index (Phi) is 4.44. The van der Waals surface area contributed by atoms with E-state index >= 15 is 0 Å². The van der Waals surface area contributed by atoms with Crippen LogP contribution in [0.1, 0.15) is 57.3 Å². The molecule has 0 aliphatic carbocycles. The molecule has 1 atom stereocenters. The van der Waals surface area contributed by atoms with E-state index in [2.05, 4.69) is 13.8 Å². The minimum absolute atomic E-state index is 0.268. The van der Waals surface area contributed by atoms with Gasteiger partial charge in [0.2, 0.25) is 0 Å². The Bertz CT molecular complexity index is 512. The zero-order chi connectivity index (χ0) is 15.7. The summed E-state index contributed by atoms with van der Waals surface area (Å²) >= 11 is 0. The van der Waals surface area contributed by atoms with Crippen molar-refractivity contribution in [3.05, 3.63) is 29.8 Å². The van der Waals surface area contributed by atoms with Crippen LogP contribution in [0.5, 0.6) is 0 Å². The molecule has 1 saturated heterocycles. The Balaban J connectivity index is 2.17. The minimum Gasteiger partial charge on any atom is -0.478 e. The first kappa shape index (κ1) is 16.1. The van der Waals surface area contributed by atoms with E-state index < -0.39 is 13.1 Å². The van der Waals surface area contributed by atoms with Crippen molar-refractivity contribution in [1.82, 2.24) is 0 Å². The quantitative estimate of drug-likeness (QED) is 0.847. The number of unbranched alkanes of at least 4 members (excludes halogenated alkanes) is 1. The predicted octanol–water partition coefficient (Wildman–Crippen LogP) is 2.85. The fourth-order valence-corrected chi connectivity index (χ4v) is 2.59. The third-order valence-electron chi connectivity index (χ3n) is 4.48. The summed E-state index contributed by atoms with van der Waals surface area (Å²) in [6, 6.07) is 6.68. The third-order valence-corrected chi connectivity index (χ3v) is 4.48. The lowest BCUT2D eigenvalue weighted by atomic mass is 9.79. The lowest BCUT2D eigenvalue weighted by Crippen LogP contribution is -2.44. The second-order valence-electron chi connectivity index (χ2n) is 6.34. The minimum atomic E-state index is -0.928. The molecule has 0 saturated carbocycles. The molecule has 21 heavy (non-hydrogen) atoms. The average molecular weight is 290 g/mol. The molecule has 4 nitrogen and oxygen atoms in total. The van der Waals surface area contributed by atoms with Gasteiger partial charge in [-0.15, -0.1) is 0 Å². The molecule has 2 rings (SSSR count). The molecule has 1 fully saturated rings. The van der Waals surface area contributed by atoms with Gasteiger partial charge in [-0.1, -0.05) is 31.9 Å². The molecule has 1 heterocycles. The standard InChI is InChI=1S/C16H23BO4/c1-5-6-11-16(4)15(2,3)20-17(21-16)13-9-7-12(8-10-13)14(18)19/h7-10H,5-6,11H2,1-4H3,(H,18,19). The maximum atomic E-state index is 10.9. The smallest absolute Gasteiger partial charge is 0.478 e. The normalized spacial score (nSPS) is 24.3. The van der Waals surface area contributed by atoms with E-state index in [9.17, 15) is 4.79 Å². The van der Waals surface area contributed by atoms with Crippen LogP contribution in [0.15, 0.2) is 24.3 Å². The Hall–Kier alpha value is -1.33. The highest BCUT2D eigenvalue weighted by molar-refractivity contribution is 6.62. The van der Waals surface area contributed by atoms with Gasteiger partial charge in [-0.2, -0.15) is 0 Å². The summed E-state index contributed by atoms with van der Waals surface area (Å²) in [5.74, 6) is -0.928. The average Bonchev–Trinajstić information content (AvgIpc) is 2.67. The zero-order valence-corrected chi connectivity index (χ0v) is 13.2. The van der Waals surface area contributed by atoms with Crippen LogP contribution >= 0.6 is 0 Å².